The van der Waals surface area contributed by atoms with Crippen LogP contribution in [0, 0.1) is 5.92 Å². The fourth-order valence-electron chi connectivity index (χ4n) is 4.74. The summed E-state index contributed by atoms with van der Waals surface area (Å²) in [4.78, 5) is 18.1. The average Bonchev–Trinajstić information content (AvgIpc) is 3.44. The molecule has 1 aromatic carbocycles. The van der Waals surface area contributed by atoms with Crippen LogP contribution in [0.5, 0.6) is 5.75 Å². The molecule has 2 aliphatic rings. The third kappa shape index (κ3) is 5.92. The van der Waals surface area contributed by atoms with E-state index in [0.717, 1.165) is 41.6 Å². The maximum Gasteiger partial charge on any atom is 0.305 e. The maximum atomic E-state index is 11.1. The first-order valence-corrected chi connectivity index (χ1v) is 12.7. The van der Waals surface area contributed by atoms with Gasteiger partial charge in [0.05, 0.1) is 13.0 Å². The zero-order valence-corrected chi connectivity index (χ0v) is 19.5. The third-order valence-corrected chi connectivity index (χ3v) is 7.78. The number of nitrogens with zero attached hydrogens (tertiary/aromatic N) is 2. The predicted octanol–water partition coefficient (Wildman–Crippen LogP) is 6.65. The summed E-state index contributed by atoms with van der Waals surface area (Å²) in [5.41, 5.74) is 1.72. The van der Waals surface area contributed by atoms with Gasteiger partial charge in [0, 0.05) is 18.2 Å². The van der Waals surface area contributed by atoms with Gasteiger partial charge in [-0.3, -0.25) is 4.79 Å². The van der Waals surface area contributed by atoms with Gasteiger partial charge in [0.1, 0.15) is 15.8 Å². The summed E-state index contributed by atoms with van der Waals surface area (Å²) in [6.07, 6.45) is 11.2. The average molecular weight is 463 g/mol. The molecule has 1 N–H and O–H groups in total. The van der Waals surface area contributed by atoms with Crippen molar-refractivity contribution in [3.8, 4) is 17.0 Å². The quantitative estimate of drug-likeness (QED) is 0.452. The second kappa shape index (κ2) is 10.7. The zero-order valence-electron chi connectivity index (χ0n) is 17.9. The van der Waals surface area contributed by atoms with E-state index in [1.165, 1.54) is 56.3 Å². The first-order chi connectivity index (χ1) is 15.1. The Morgan fingerprint density at radius 2 is 1.77 bits per heavy atom. The summed E-state index contributed by atoms with van der Waals surface area (Å²) in [6.45, 7) is 1.26. The van der Waals surface area contributed by atoms with E-state index in [-0.39, 0.29) is 6.42 Å². The van der Waals surface area contributed by atoms with Gasteiger partial charge in [-0.05, 0) is 55.9 Å². The van der Waals surface area contributed by atoms with Crippen molar-refractivity contribution in [3.05, 3.63) is 28.6 Å². The second-order valence-corrected chi connectivity index (χ2v) is 10.3. The smallest absolute Gasteiger partial charge is 0.305 e. The Bertz CT molecular complexity index is 858. The first kappa shape index (κ1) is 22.4. The number of aliphatic carboxylic acids is 1. The molecule has 4 rings (SSSR count). The van der Waals surface area contributed by atoms with E-state index in [9.17, 15) is 4.79 Å². The van der Waals surface area contributed by atoms with Crippen LogP contribution in [0.1, 0.15) is 64.2 Å². The Labute approximate surface area is 193 Å². The van der Waals surface area contributed by atoms with Crippen molar-refractivity contribution >= 4 is 34.0 Å². The number of carboxylic acid groups (broad SMARTS) is 1. The summed E-state index contributed by atoms with van der Waals surface area (Å²) in [5, 5.41) is 9.99. The number of hydrogen-bond donors (Lipinski definition) is 1. The van der Waals surface area contributed by atoms with Gasteiger partial charge in [-0.15, -0.1) is 0 Å². The lowest BCUT2D eigenvalue weighted by atomic mass is 9.90. The molecule has 7 heteroatoms. The number of hydrogen-bond acceptors (Lipinski definition) is 5. The van der Waals surface area contributed by atoms with Gasteiger partial charge in [-0.25, -0.2) is 4.98 Å². The number of rotatable bonds is 9. The van der Waals surface area contributed by atoms with Crippen molar-refractivity contribution in [2.24, 2.45) is 5.92 Å². The minimum atomic E-state index is -0.783. The van der Waals surface area contributed by atoms with Crippen molar-refractivity contribution < 1.29 is 14.6 Å². The van der Waals surface area contributed by atoms with E-state index in [1.54, 1.807) is 0 Å². The predicted molar refractivity (Wildman–Crippen MR) is 126 cm³/mol. The van der Waals surface area contributed by atoms with Gasteiger partial charge in [0.2, 0.25) is 0 Å². The van der Waals surface area contributed by atoms with Crippen LogP contribution in [-0.2, 0) is 4.79 Å². The Hall–Kier alpha value is -1.79. The Morgan fingerprint density at radius 1 is 1.10 bits per heavy atom. The molecule has 0 unspecified atom stereocenters. The third-order valence-electron chi connectivity index (χ3n) is 6.49. The molecule has 1 heterocycles. The van der Waals surface area contributed by atoms with Gasteiger partial charge in [-0.2, -0.15) is 0 Å². The lowest BCUT2D eigenvalue weighted by Crippen LogP contribution is -2.35. The fraction of sp³-hybridized carbons (Fsp3) is 0.583. The van der Waals surface area contributed by atoms with E-state index >= 15 is 0 Å². The normalized spacial score (nSPS) is 17.7. The molecule has 0 aliphatic heterocycles. The van der Waals surface area contributed by atoms with Crippen molar-refractivity contribution in [1.82, 2.24) is 4.98 Å². The van der Waals surface area contributed by atoms with Crippen molar-refractivity contribution in [2.45, 2.75) is 70.3 Å². The largest absolute Gasteiger partial charge is 0.493 e. The molecule has 168 valence electrons. The molecule has 5 nitrogen and oxygen atoms in total. The number of benzene rings is 1. The van der Waals surface area contributed by atoms with Gasteiger partial charge in [0.15, 0.2) is 5.13 Å². The molecule has 0 bridgehead atoms. The number of aromatic nitrogens is 1. The molecule has 2 fully saturated rings. The van der Waals surface area contributed by atoms with Crippen molar-refractivity contribution in [3.63, 3.8) is 0 Å². The van der Waals surface area contributed by atoms with Crippen molar-refractivity contribution in [1.29, 1.82) is 0 Å². The van der Waals surface area contributed by atoms with E-state index in [4.69, 9.17) is 26.4 Å². The Morgan fingerprint density at radius 3 is 2.45 bits per heavy atom. The number of carboxylic acids is 1. The highest BCUT2D eigenvalue weighted by molar-refractivity contribution is 7.20. The van der Waals surface area contributed by atoms with Crippen LogP contribution in [-0.4, -0.2) is 35.3 Å². The minimum Gasteiger partial charge on any atom is -0.493 e. The fourth-order valence-corrected chi connectivity index (χ4v) is 6.01. The highest BCUT2D eigenvalue weighted by Gasteiger charge is 2.27. The highest BCUT2D eigenvalue weighted by Crippen LogP contribution is 2.40. The molecular weight excluding hydrogens is 432 g/mol. The molecule has 0 amide bonds. The minimum absolute atomic E-state index is 0.107. The molecule has 31 heavy (non-hydrogen) atoms. The van der Waals surface area contributed by atoms with Crippen LogP contribution >= 0.6 is 22.9 Å². The number of ether oxygens (including phenoxy) is 1. The van der Waals surface area contributed by atoms with Crippen LogP contribution in [0.3, 0.4) is 0 Å². The summed E-state index contributed by atoms with van der Waals surface area (Å²) in [6, 6.07) is 8.36. The van der Waals surface area contributed by atoms with Crippen LogP contribution in [0.25, 0.3) is 11.3 Å². The van der Waals surface area contributed by atoms with E-state index < -0.39 is 5.97 Å². The molecule has 2 aliphatic carbocycles. The van der Waals surface area contributed by atoms with Crippen molar-refractivity contribution in [2.75, 3.05) is 18.1 Å². The number of thiazole rings is 1. The monoisotopic (exact) mass is 462 g/mol. The van der Waals surface area contributed by atoms with Crippen LogP contribution in [0.15, 0.2) is 24.3 Å². The van der Waals surface area contributed by atoms with E-state index in [1.807, 2.05) is 24.3 Å². The van der Waals surface area contributed by atoms with E-state index in [0.29, 0.717) is 22.8 Å². The molecule has 0 spiro atoms. The molecule has 2 aromatic rings. The first-order valence-electron chi connectivity index (χ1n) is 11.5. The lowest BCUT2D eigenvalue weighted by molar-refractivity contribution is -0.136. The molecule has 1 aromatic heterocycles. The molecule has 0 radical (unpaired) electrons. The number of anilines is 1. The molecule has 0 saturated heterocycles. The summed E-state index contributed by atoms with van der Waals surface area (Å²) < 4.78 is 6.66. The number of carbonyl (C=O) groups is 1. The van der Waals surface area contributed by atoms with Crippen LogP contribution in [0.2, 0.25) is 4.34 Å². The lowest BCUT2D eigenvalue weighted by Gasteiger charge is -2.27. The highest BCUT2D eigenvalue weighted by atomic mass is 35.5. The van der Waals surface area contributed by atoms with Crippen LogP contribution in [0.4, 0.5) is 5.13 Å². The molecule has 2 saturated carbocycles. The Kier molecular flexibility index (Phi) is 7.72. The summed E-state index contributed by atoms with van der Waals surface area (Å²) in [7, 11) is 0. The zero-order chi connectivity index (χ0) is 21.6. The van der Waals surface area contributed by atoms with Gasteiger partial charge < -0.3 is 14.7 Å². The van der Waals surface area contributed by atoms with Gasteiger partial charge >= 0.3 is 5.97 Å². The van der Waals surface area contributed by atoms with Gasteiger partial charge in [-0.1, -0.05) is 55.0 Å². The Balaban J connectivity index is 1.44. The molecule has 0 atom stereocenters. The van der Waals surface area contributed by atoms with Gasteiger partial charge in [0.25, 0.3) is 0 Å². The second-order valence-electron chi connectivity index (χ2n) is 8.73. The number of halogens is 1. The summed E-state index contributed by atoms with van der Waals surface area (Å²) in [5.74, 6) is 0.779. The molecular formula is C24H31ClN2O3S. The summed E-state index contributed by atoms with van der Waals surface area (Å²) >= 11 is 8.02. The topological polar surface area (TPSA) is 62.7 Å². The maximum absolute atomic E-state index is 11.1. The van der Waals surface area contributed by atoms with Crippen LogP contribution < -0.4 is 9.64 Å². The van der Waals surface area contributed by atoms with E-state index in [2.05, 4.69) is 4.90 Å². The SMILES string of the molecule is O=C(O)CCN(c1nc(-c2ccc(OCC3CCCCC3)cc2)c(Cl)s1)C1CCCC1. The standard InChI is InChI=1S/C24H31ClN2O3S/c25-23-22(18-10-12-20(13-11-18)30-16-17-6-2-1-3-7-17)26-24(31-23)27(15-14-21(28)29)19-8-4-5-9-19/h10-13,17,19H,1-9,14-16H2,(H,28,29).